The number of aromatic nitrogens is 2. The van der Waals surface area contributed by atoms with Crippen LogP contribution < -0.4 is 5.32 Å². The van der Waals surface area contributed by atoms with Gasteiger partial charge in [-0.1, -0.05) is 13.8 Å². The van der Waals surface area contributed by atoms with Crippen molar-refractivity contribution < 1.29 is 17.6 Å². The lowest BCUT2D eigenvalue weighted by atomic mass is 10.4. The van der Waals surface area contributed by atoms with E-state index in [9.17, 15) is 13.2 Å². The number of anilines is 1. The van der Waals surface area contributed by atoms with Gasteiger partial charge in [-0.2, -0.15) is 9.40 Å². The molecule has 3 rings (SSSR count). The summed E-state index contributed by atoms with van der Waals surface area (Å²) in [5, 5.41) is 6.98. The molecule has 2 aromatic rings. The van der Waals surface area contributed by atoms with Crippen molar-refractivity contribution in [2.45, 2.75) is 45.1 Å². The Morgan fingerprint density at radius 1 is 1.28 bits per heavy atom. The molecule has 1 aliphatic heterocycles. The van der Waals surface area contributed by atoms with Gasteiger partial charge in [0.05, 0.1) is 18.4 Å². The van der Waals surface area contributed by atoms with Gasteiger partial charge in [-0.3, -0.25) is 9.48 Å². The third-order valence-corrected chi connectivity index (χ3v) is 7.22. The molecule has 160 valence electrons. The lowest BCUT2D eigenvalue weighted by molar-refractivity contribution is 0.0995. The first-order chi connectivity index (χ1) is 13.8. The van der Waals surface area contributed by atoms with E-state index in [0.29, 0.717) is 18.8 Å². The standard InChI is InChI=1S/C19H29N5O4S/c1-4-22(5-2)10-11-23-14-16(13-20-23)21-19(25)17-12-18(15(3)28-17)29(26,27)24-8-6-7-9-24/h12-14H,4-11H2,1-3H3,(H,21,25). The highest BCUT2D eigenvalue weighted by molar-refractivity contribution is 7.89. The molecule has 2 aromatic heterocycles. The maximum absolute atomic E-state index is 12.7. The molecule has 0 atom stereocenters. The van der Waals surface area contributed by atoms with Crippen LogP contribution in [0.4, 0.5) is 5.69 Å². The molecule has 1 aliphatic rings. The van der Waals surface area contributed by atoms with E-state index in [2.05, 4.69) is 29.2 Å². The fourth-order valence-corrected chi connectivity index (χ4v) is 5.11. The van der Waals surface area contributed by atoms with Crippen molar-refractivity contribution >= 4 is 21.6 Å². The lowest BCUT2D eigenvalue weighted by Crippen LogP contribution is -2.28. The van der Waals surface area contributed by atoms with E-state index in [1.807, 2.05) is 0 Å². The summed E-state index contributed by atoms with van der Waals surface area (Å²) in [5.74, 6) is -0.313. The molecule has 1 fully saturated rings. The van der Waals surface area contributed by atoms with Crippen LogP contribution in [0.3, 0.4) is 0 Å². The molecule has 1 N–H and O–H groups in total. The number of furan rings is 1. The molecule has 1 amide bonds. The zero-order chi connectivity index (χ0) is 21.0. The van der Waals surface area contributed by atoms with Gasteiger partial charge in [0.1, 0.15) is 10.7 Å². The van der Waals surface area contributed by atoms with Crippen molar-refractivity contribution in [2.24, 2.45) is 0 Å². The highest BCUT2D eigenvalue weighted by atomic mass is 32.2. The van der Waals surface area contributed by atoms with E-state index in [0.717, 1.165) is 39.0 Å². The number of amides is 1. The van der Waals surface area contributed by atoms with Crippen molar-refractivity contribution in [3.63, 3.8) is 0 Å². The van der Waals surface area contributed by atoms with Crippen LogP contribution in [0.5, 0.6) is 0 Å². The predicted octanol–water partition coefficient (Wildman–Crippen LogP) is 2.16. The van der Waals surface area contributed by atoms with Crippen molar-refractivity contribution in [3.8, 4) is 0 Å². The summed E-state index contributed by atoms with van der Waals surface area (Å²) >= 11 is 0. The van der Waals surface area contributed by atoms with Gasteiger partial charge in [-0.05, 0) is 32.9 Å². The van der Waals surface area contributed by atoms with E-state index >= 15 is 0 Å². The summed E-state index contributed by atoms with van der Waals surface area (Å²) in [7, 11) is -3.63. The minimum atomic E-state index is -3.63. The fraction of sp³-hybridized carbons (Fsp3) is 0.579. The van der Waals surface area contributed by atoms with Crippen LogP contribution >= 0.6 is 0 Å². The maximum atomic E-state index is 12.7. The summed E-state index contributed by atoms with van der Waals surface area (Å²) in [6.45, 7) is 10.3. The van der Waals surface area contributed by atoms with Crippen molar-refractivity contribution in [1.82, 2.24) is 19.0 Å². The SMILES string of the molecule is CCN(CC)CCn1cc(NC(=O)c2cc(S(=O)(=O)N3CCCC3)c(C)o2)cn1. The summed E-state index contributed by atoms with van der Waals surface area (Å²) < 4.78 is 34.2. The fourth-order valence-electron chi connectivity index (χ4n) is 3.43. The number of likely N-dealkylation sites (N-methyl/N-ethyl adjacent to an activating group) is 1. The number of nitrogens with zero attached hydrogens (tertiary/aromatic N) is 4. The average Bonchev–Trinajstić information content (AvgIpc) is 3.43. The van der Waals surface area contributed by atoms with E-state index < -0.39 is 15.9 Å². The Morgan fingerprint density at radius 2 is 1.97 bits per heavy atom. The summed E-state index contributed by atoms with van der Waals surface area (Å²) in [6.07, 6.45) is 5.01. The Hall–Kier alpha value is -2.17. The van der Waals surface area contributed by atoms with Gasteiger partial charge in [-0.25, -0.2) is 8.42 Å². The quantitative estimate of drug-likeness (QED) is 0.663. The molecule has 29 heavy (non-hydrogen) atoms. The van der Waals surface area contributed by atoms with Crippen molar-refractivity contribution in [1.29, 1.82) is 0 Å². The summed E-state index contributed by atoms with van der Waals surface area (Å²) in [6, 6.07) is 1.31. The van der Waals surface area contributed by atoms with Crippen LogP contribution in [0.25, 0.3) is 0 Å². The van der Waals surface area contributed by atoms with E-state index in [1.165, 1.54) is 10.4 Å². The first kappa shape index (κ1) is 21.5. The van der Waals surface area contributed by atoms with Crippen LogP contribution in [0.2, 0.25) is 0 Å². The number of carbonyl (C=O) groups excluding carboxylic acids is 1. The molecule has 1 saturated heterocycles. The summed E-state index contributed by atoms with van der Waals surface area (Å²) in [5.41, 5.74) is 0.535. The van der Waals surface area contributed by atoms with Gasteiger partial charge in [0.2, 0.25) is 10.0 Å². The topological polar surface area (TPSA) is 101 Å². The van der Waals surface area contributed by atoms with Gasteiger partial charge < -0.3 is 14.6 Å². The first-order valence-corrected chi connectivity index (χ1v) is 11.5. The molecule has 0 aromatic carbocycles. The number of hydrogen-bond acceptors (Lipinski definition) is 6. The summed E-state index contributed by atoms with van der Waals surface area (Å²) in [4.78, 5) is 14.9. The minimum absolute atomic E-state index is 0.0313. The number of aryl methyl sites for hydroxylation is 1. The Balaban J connectivity index is 1.66. The van der Waals surface area contributed by atoms with E-state index in [-0.39, 0.29) is 16.4 Å². The van der Waals surface area contributed by atoms with Crippen LogP contribution in [0.1, 0.15) is 43.0 Å². The number of carbonyl (C=O) groups is 1. The molecular weight excluding hydrogens is 394 g/mol. The number of sulfonamides is 1. The van der Waals surface area contributed by atoms with Gasteiger partial charge in [0, 0.05) is 31.9 Å². The Morgan fingerprint density at radius 3 is 2.62 bits per heavy atom. The van der Waals surface area contributed by atoms with Crippen LogP contribution in [0.15, 0.2) is 27.8 Å². The largest absolute Gasteiger partial charge is 0.455 e. The van der Waals surface area contributed by atoms with Crippen LogP contribution in [-0.2, 0) is 16.6 Å². The monoisotopic (exact) mass is 423 g/mol. The molecule has 0 aliphatic carbocycles. The molecule has 0 spiro atoms. The average molecular weight is 424 g/mol. The number of nitrogens with one attached hydrogen (secondary N) is 1. The van der Waals surface area contributed by atoms with Gasteiger partial charge in [0.25, 0.3) is 5.91 Å². The van der Waals surface area contributed by atoms with E-state index in [1.54, 1.807) is 24.0 Å². The van der Waals surface area contributed by atoms with E-state index in [4.69, 9.17) is 4.42 Å². The highest BCUT2D eigenvalue weighted by Gasteiger charge is 2.31. The third-order valence-electron chi connectivity index (χ3n) is 5.21. The second-order valence-electron chi connectivity index (χ2n) is 7.12. The van der Waals surface area contributed by atoms with Gasteiger partial charge >= 0.3 is 0 Å². The minimum Gasteiger partial charge on any atom is -0.455 e. The molecule has 9 nitrogen and oxygen atoms in total. The maximum Gasteiger partial charge on any atom is 0.291 e. The number of rotatable bonds is 9. The van der Waals surface area contributed by atoms with Crippen molar-refractivity contribution in [3.05, 3.63) is 30.0 Å². The predicted molar refractivity (Wildman–Crippen MR) is 109 cm³/mol. The van der Waals surface area contributed by atoms with Gasteiger partial charge in [-0.15, -0.1) is 0 Å². The van der Waals surface area contributed by atoms with Gasteiger partial charge in [0.15, 0.2) is 5.76 Å². The normalized spacial score (nSPS) is 15.3. The molecule has 0 bridgehead atoms. The first-order valence-electron chi connectivity index (χ1n) is 10.0. The lowest BCUT2D eigenvalue weighted by Gasteiger charge is -2.17. The Kier molecular flexibility index (Phi) is 6.76. The Labute approximate surface area is 171 Å². The molecule has 10 heteroatoms. The molecule has 3 heterocycles. The Bertz CT molecular complexity index is 940. The zero-order valence-corrected chi connectivity index (χ0v) is 18.0. The van der Waals surface area contributed by atoms with Crippen LogP contribution in [0, 0.1) is 6.92 Å². The van der Waals surface area contributed by atoms with Crippen LogP contribution in [-0.4, -0.2) is 66.0 Å². The molecule has 0 radical (unpaired) electrons. The van der Waals surface area contributed by atoms with Crippen molar-refractivity contribution in [2.75, 3.05) is 38.0 Å². The molecular formula is C19H29N5O4S. The third kappa shape index (κ3) is 4.88. The molecule has 0 unspecified atom stereocenters. The highest BCUT2D eigenvalue weighted by Crippen LogP contribution is 2.26. The second kappa shape index (κ2) is 9.10. The smallest absolute Gasteiger partial charge is 0.291 e. The second-order valence-corrected chi connectivity index (χ2v) is 9.02. The molecule has 0 saturated carbocycles. The number of hydrogen-bond donors (Lipinski definition) is 1. The zero-order valence-electron chi connectivity index (χ0n) is 17.2.